The van der Waals surface area contributed by atoms with Crippen LogP contribution >= 0.6 is 0 Å². The zero-order valence-electron chi connectivity index (χ0n) is 12.2. The molecule has 2 heterocycles. The maximum Gasteiger partial charge on any atom is 0.140 e. The lowest BCUT2D eigenvalue weighted by Crippen LogP contribution is -2.38. The summed E-state index contributed by atoms with van der Waals surface area (Å²) in [6.45, 7) is 1.76. The van der Waals surface area contributed by atoms with Gasteiger partial charge in [-0.05, 0) is 25.0 Å². The first-order chi connectivity index (χ1) is 10.2. The second kappa shape index (κ2) is 5.69. The molecule has 110 valence electrons. The number of para-hydroxylation sites is 1. The van der Waals surface area contributed by atoms with E-state index in [0.29, 0.717) is 11.7 Å². The average Bonchev–Trinajstić information content (AvgIpc) is 2.53. The molecule has 5 nitrogen and oxygen atoms in total. The van der Waals surface area contributed by atoms with E-state index in [1.54, 1.807) is 7.11 Å². The number of hydrogen-bond donors (Lipinski definition) is 2. The summed E-state index contributed by atoms with van der Waals surface area (Å²) in [6, 6.07) is 9.89. The molecule has 0 atom stereocenters. The highest BCUT2D eigenvalue weighted by atomic mass is 16.5. The Morgan fingerprint density at radius 3 is 2.71 bits per heavy atom. The first kappa shape index (κ1) is 13.8. The number of pyridine rings is 1. The first-order valence-corrected chi connectivity index (χ1v) is 7.21. The van der Waals surface area contributed by atoms with Gasteiger partial charge in [-0.25, -0.2) is 4.98 Å². The second-order valence-electron chi connectivity index (χ2n) is 5.39. The van der Waals surface area contributed by atoms with E-state index in [0.717, 1.165) is 42.7 Å². The molecule has 1 aromatic heterocycles. The van der Waals surface area contributed by atoms with E-state index in [2.05, 4.69) is 4.90 Å². The SMILES string of the molecule is COC1CCN(c2nc3ccccc3cc2C(=N)N)CC1. The molecule has 3 N–H and O–H groups in total. The van der Waals surface area contributed by atoms with Gasteiger partial charge in [-0.15, -0.1) is 0 Å². The van der Waals surface area contributed by atoms with Gasteiger partial charge in [0.25, 0.3) is 0 Å². The minimum absolute atomic E-state index is 0.0668. The Kier molecular flexibility index (Phi) is 3.75. The summed E-state index contributed by atoms with van der Waals surface area (Å²) in [4.78, 5) is 6.94. The van der Waals surface area contributed by atoms with Crippen LogP contribution in [-0.4, -0.2) is 37.1 Å². The number of nitrogen functional groups attached to an aromatic ring is 1. The predicted molar refractivity (Wildman–Crippen MR) is 85.0 cm³/mol. The van der Waals surface area contributed by atoms with Crippen molar-refractivity contribution in [1.82, 2.24) is 4.98 Å². The maximum absolute atomic E-state index is 7.83. The average molecular weight is 284 g/mol. The minimum atomic E-state index is 0.0668. The van der Waals surface area contributed by atoms with Crippen molar-refractivity contribution >= 4 is 22.6 Å². The molecule has 21 heavy (non-hydrogen) atoms. The summed E-state index contributed by atoms with van der Waals surface area (Å²) in [5, 5.41) is 8.84. The molecule has 0 saturated carbocycles. The van der Waals surface area contributed by atoms with Gasteiger partial charge in [0.2, 0.25) is 0 Å². The summed E-state index contributed by atoms with van der Waals surface area (Å²) in [5.74, 6) is 0.882. The van der Waals surface area contributed by atoms with Crippen molar-refractivity contribution in [2.75, 3.05) is 25.1 Å². The Balaban J connectivity index is 2.00. The molecule has 1 saturated heterocycles. The smallest absolute Gasteiger partial charge is 0.140 e. The van der Waals surface area contributed by atoms with Gasteiger partial charge in [0, 0.05) is 25.6 Å². The van der Waals surface area contributed by atoms with Crippen molar-refractivity contribution in [2.45, 2.75) is 18.9 Å². The van der Waals surface area contributed by atoms with Crippen LogP contribution < -0.4 is 10.6 Å². The molecule has 0 radical (unpaired) electrons. The van der Waals surface area contributed by atoms with E-state index in [1.165, 1.54) is 0 Å². The number of nitrogens with two attached hydrogens (primary N) is 1. The van der Waals surface area contributed by atoms with E-state index < -0.39 is 0 Å². The molecule has 0 spiro atoms. The Morgan fingerprint density at radius 1 is 1.33 bits per heavy atom. The van der Waals surface area contributed by atoms with Gasteiger partial charge in [-0.1, -0.05) is 18.2 Å². The van der Waals surface area contributed by atoms with Gasteiger partial charge in [-0.2, -0.15) is 0 Å². The van der Waals surface area contributed by atoms with Crippen LogP contribution in [0.25, 0.3) is 10.9 Å². The molecular weight excluding hydrogens is 264 g/mol. The third kappa shape index (κ3) is 2.69. The summed E-state index contributed by atoms with van der Waals surface area (Å²) < 4.78 is 5.41. The number of fused-ring (bicyclic) bond motifs is 1. The van der Waals surface area contributed by atoms with Crippen molar-refractivity contribution in [1.29, 1.82) is 5.41 Å². The molecule has 1 aliphatic heterocycles. The van der Waals surface area contributed by atoms with Crippen molar-refractivity contribution in [3.8, 4) is 0 Å². The largest absolute Gasteiger partial charge is 0.384 e. The van der Waals surface area contributed by atoms with Crippen LogP contribution in [0.1, 0.15) is 18.4 Å². The number of piperidine rings is 1. The third-order valence-electron chi connectivity index (χ3n) is 4.07. The van der Waals surface area contributed by atoms with E-state index in [1.807, 2.05) is 30.3 Å². The Morgan fingerprint density at radius 2 is 2.05 bits per heavy atom. The number of methoxy groups -OCH3 is 1. The highest BCUT2D eigenvalue weighted by Crippen LogP contribution is 2.26. The Labute approximate surface area is 124 Å². The van der Waals surface area contributed by atoms with Gasteiger partial charge in [0.05, 0.1) is 17.2 Å². The quantitative estimate of drug-likeness (QED) is 0.669. The van der Waals surface area contributed by atoms with E-state index in [9.17, 15) is 0 Å². The Bertz CT molecular complexity index is 662. The number of benzene rings is 1. The zero-order valence-corrected chi connectivity index (χ0v) is 12.2. The number of nitrogens with one attached hydrogen (secondary N) is 1. The summed E-state index contributed by atoms with van der Waals surface area (Å²) in [5.41, 5.74) is 7.41. The number of nitrogens with zero attached hydrogens (tertiary/aromatic N) is 2. The van der Waals surface area contributed by atoms with Gasteiger partial charge < -0.3 is 15.4 Å². The van der Waals surface area contributed by atoms with Crippen LogP contribution in [0.15, 0.2) is 30.3 Å². The summed E-state index contributed by atoms with van der Waals surface area (Å²) >= 11 is 0. The second-order valence-corrected chi connectivity index (χ2v) is 5.39. The minimum Gasteiger partial charge on any atom is -0.384 e. The van der Waals surface area contributed by atoms with E-state index in [4.69, 9.17) is 20.9 Å². The highest BCUT2D eigenvalue weighted by Gasteiger charge is 2.22. The molecule has 0 amide bonds. The topological polar surface area (TPSA) is 75.2 Å². The molecule has 0 unspecified atom stereocenters. The molecule has 1 aliphatic rings. The molecule has 5 heteroatoms. The fraction of sp³-hybridized carbons (Fsp3) is 0.375. The number of rotatable bonds is 3. The molecular formula is C16H20N4O. The number of amidine groups is 1. The lowest BCUT2D eigenvalue weighted by atomic mass is 10.1. The van der Waals surface area contributed by atoms with Crippen molar-refractivity contribution in [3.05, 3.63) is 35.9 Å². The Hall–Kier alpha value is -2.14. The predicted octanol–water partition coefficient (Wildman–Crippen LogP) is 2.13. The van der Waals surface area contributed by atoms with Crippen LogP contribution in [0.4, 0.5) is 5.82 Å². The molecule has 2 aromatic rings. The number of ether oxygens (including phenoxy) is 1. The van der Waals surface area contributed by atoms with Crippen molar-refractivity contribution < 1.29 is 4.74 Å². The lowest BCUT2D eigenvalue weighted by molar-refractivity contribution is 0.0818. The van der Waals surface area contributed by atoms with E-state index >= 15 is 0 Å². The maximum atomic E-state index is 7.83. The van der Waals surface area contributed by atoms with Crippen molar-refractivity contribution in [2.24, 2.45) is 5.73 Å². The van der Waals surface area contributed by atoms with Gasteiger partial charge in [0.15, 0.2) is 0 Å². The highest BCUT2D eigenvalue weighted by molar-refractivity contribution is 6.03. The summed E-state index contributed by atoms with van der Waals surface area (Å²) in [7, 11) is 1.76. The first-order valence-electron chi connectivity index (χ1n) is 7.21. The monoisotopic (exact) mass is 284 g/mol. The third-order valence-corrected chi connectivity index (χ3v) is 4.07. The van der Waals surface area contributed by atoms with Gasteiger partial charge in [-0.3, -0.25) is 5.41 Å². The zero-order chi connectivity index (χ0) is 14.8. The standard InChI is InChI=1S/C16H20N4O/c1-21-12-6-8-20(9-7-12)16-13(15(17)18)10-11-4-2-3-5-14(11)19-16/h2-5,10,12H,6-9H2,1H3,(H3,17,18). The van der Waals surface area contributed by atoms with Crippen LogP contribution in [0.2, 0.25) is 0 Å². The van der Waals surface area contributed by atoms with Crippen LogP contribution in [0.3, 0.4) is 0 Å². The van der Waals surface area contributed by atoms with Crippen LogP contribution in [-0.2, 0) is 4.74 Å². The number of aromatic nitrogens is 1. The van der Waals surface area contributed by atoms with E-state index in [-0.39, 0.29) is 5.84 Å². The molecule has 0 bridgehead atoms. The number of hydrogen-bond acceptors (Lipinski definition) is 4. The number of anilines is 1. The normalized spacial score (nSPS) is 16.3. The lowest BCUT2D eigenvalue weighted by Gasteiger charge is -2.33. The van der Waals surface area contributed by atoms with Crippen LogP contribution in [0, 0.1) is 5.41 Å². The van der Waals surface area contributed by atoms with Crippen molar-refractivity contribution in [3.63, 3.8) is 0 Å². The van der Waals surface area contributed by atoms with Gasteiger partial charge in [0.1, 0.15) is 11.7 Å². The molecule has 3 rings (SSSR count). The summed E-state index contributed by atoms with van der Waals surface area (Å²) in [6.07, 6.45) is 2.27. The molecule has 1 aromatic carbocycles. The van der Waals surface area contributed by atoms with Gasteiger partial charge >= 0.3 is 0 Å². The van der Waals surface area contributed by atoms with Crippen LogP contribution in [0.5, 0.6) is 0 Å². The fourth-order valence-corrected chi connectivity index (χ4v) is 2.85. The fourth-order valence-electron chi connectivity index (χ4n) is 2.85. The molecule has 1 fully saturated rings. The molecule has 0 aliphatic carbocycles.